The van der Waals surface area contributed by atoms with E-state index in [1.54, 1.807) is 26.8 Å². The summed E-state index contributed by atoms with van der Waals surface area (Å²) in [6, 6.07) is 8.06. The first-order valence-electron chi connectivity index (χ1n) is 14.0. The fraction of sp³-hybridized carbons (Fsp3) is 0.452. The molecule has 0 spiro atoms. The molecule has 5 N–H and O–H groups in total. The van der Waals surface area contributed by atoms with Crippen LogP contribution < -0.4 is 21.7 Å². The number of hydrogen-bond donors (Lipinski definition) is 4. The second kappa shape index (κ2) is 16.8. The highest BCUT2D eigenvalue weighted by Crippen LogP contribution is 2.15. The van der Waals surface area contributed by atoms with E-state index in [0.29, 0.717) is 23.5 Å². The molecule has 0 bridgehead atoms. The van der Waals surface area contributed by atoms with Crippen molar-refractivity contribution in [1.82, 2.24) is 16.0 Å². The molecule has 0 aliphatic heterocycles. The maximum absolute atomic E-state index is 13.6. The standard InChI is InChI=1S/C31H42N4O7/c1-6-41-28(37)15-13-23(12-14-27(32)36)33-30(39)26(18-22-10-8-7-9-11-22)35-31(40)25(16-19(2)3)34-29(38)24-17-20(4)42-21(24)5/h7-11,13,15,17,19,23,25-26H,6,12,14,16,18H2,1-5H3,(H2,32,36)(H,33,39)(H,34,38)(H,35,40)/b15-13+/t23-,25-,26-/m0/s1. The van der Waals surface area contributed by atoms with Crippen molar-refractivity contribution in [1.29, 1.82) is 0 Å². The van der Waals surface area contributed by atoms with Gasteiger partial charge in [0.15, 0.2) is 0 Å². The van der Waals surface area contributed by atoms with Gasteiger partial charge in [-0.1, -0.05) is 50.3 Å². The van der Waals surface area contributed by atoms with Gasteiger partial charge in [0.1, 0.15) is 23.6 Å². The fourth-order valence-electron chi connectivity index (χ4n) is 4.31. The summed E-state index contributed by atoms with van der Waals surface area (Å²) in [5.41, 5.74) is 6.43. The molecule has 0 unspecified atom stereocenters. The van der Waals surface area contributed by atoms with Crippen LogP contribution in [0.2, 0.25) is 0 Å². The molecule has 1 aromatic carbocycles. The molecule has 1 aromatic heterocycles. The zero-order valence-electron chi connectivity index (χ0n) is 24.9. The second-order valence-electron chi connectivity index (χ2n) is 10.5. The average molecular weight is 583 g/mol. The maximum Gasteiger partial charge on any atom is 0.330 e. The van der Waals surface area contributed by atoms with Crippen molar-refractivity contribution < 1.29 is 33.1 Å². The number of aryl methyl sites for hydroxylation is 2. The van der Waals surface area contributed by atoms with Crippen LogP contribution in [0.15, 0.2) is 53.0 Å². The zero-order chi connectivity index (χ0) is 31.2. The van der Waals surface area contributed by atoms with Crippen molar-refractivity contribution in [3.63, 3.8) is 0 Å². The number of amides is 4. The molecule has 0 radical (unpaired) electrons. The highest BCUT2D eigenvalue weighted by Gasteiger charge is 2.29. The third kappa shape index (κ3) is 11.6. The molecule has 0 aliphatic rings. The molecule has 0 aliphatic carbocycles. The number of ether oxygens (including phenoxy) is 1. The lowest BCUT2D eigenvalue weighted by molar-refractivity contribution is -0.137. The SMILES string of the molecule is CCOC(=O)/C=C/[C@H](CCC(N)=O)NC(=O)[C@H](Cc1ccccc1)NC(=O)[C@H](CC(C)C)NC(=O)c1cc(C)oc1C. The lowest BCUT2D eigenvalue weighted by Crippen LogP contribution is -2.55. The lowest BCUT2D eigenvalue weighted by atomic mass is 10.00. The Morgan fingerprint density at radius 1 is 0.976 bits per heavy atom. The summed E-state index contributed by atoms with van der Waals surface area (Å²) in [5, 5.41) is 8.39. The quantitative estimate of drug-likeness (QED) is 0.174. The predicted octanol–water partition coefficient (Wildman–Crippen LogP) is 2.64. The molecule has 2 rings (SSSR count). The van der Waals surface area contributed by atoms with Crippen LogP contribution in [-0.4, -0.2) is 54.3 Å². The van der Waals surface area contributed by atoms with Gasteiger partial charge in [0.25, 0.3) is 5.91 Å². The number of carbonyl (C=O) groups is 5. The molecule has 3 atom stereocenters. The van der Waals surface area contributed by atoms with Crippen molar-refractivity contribution in [3.05, 3.63) is 71.2 Å². The summed E-state index contributed by atoms with van der Waals surface area (Å²) >= 11 is 0. The van der Waals surface area contributed by atoms with E-state index >= 15 is 0 Å². The summed E-state index contributed by atoms with van der Waals surface area (Å²) in [7, 11) is 0. The summed E-state index contributed by atoms with van der Waals surface area (Å²) in [6.07, 6.45) is 3.19. The third-order valence-corrected chi connectivity index (χ3v) is 6.31. The number of nitrogens with one attached hydrogen (secondary N) is 3. The van der Waals surface area contributed by atoms with Crippen LogP contribution >= 0.6 is 0 Å². The van der Waals surface area contributed by atoms with Gasteiger partial charge in [-0.3, -0.25) is 19.2 Å². The zero-order valence-corrected chi connectivity index (χ0v) is 24.9. The van der Waals surface area contributed by atoms with Gasteiger partial charge in [-0.2, -0.15) is 0 Å². The monoisotopic (exact) mass is 582 g/mol. The van der Waals surface area contributed by atoms with Gasteiger partial charge in [0.05, 0.1) is 12.2 Å². The van der Waals surface area contributed by atoms with Crippen LogP contribution in [0.5, 0.6) is 0 Å². The van der Waals surface area contributed by atoms with E-state index in [-0.39, 0.29) is 31.8 Å². The first kappa shape index (κ1) is 33.8. The number of furan rings is 1. The van der Waals surface area contributed by atoms with Gasteiger partial charge in [-0.05, 0) is 51.2 Å². The first-order valence-corrected chi connectivity index (χ1v) is 14.0. The lowest BCUT2D eigenvalue weighted by Gasteiger charge is -2.25. The van der Waals surface area contributed by atoms with Crippen LogP contribution in [0.1, 0.15) is 67.5 Å². The van der Waals surface area contributed by atoms with E-state index < -0.39 is 47.7 Å². The predicted molar refractivity (Wildman–Crippen MR) is 157 cm³/mol. The molecule has 4 amide bonds. The minimum Gasteiger partial charge on any atom is -0.466 e. The summed E-state index contributed by atoms with van der Waals surface area (Å²) in [6.45, 7) is 9.10. The van der Waals surface area contributed by atoms with Gasteiger partial charge < -0.3 is 30.8 Å². The largest absolute Gasteiger partial charge is 0.466 e. The second-order valence-corrected chi connectivity index (χ2v) is 10.5. The van der Waals surface area contributed by atoms with Crippen molar-refractivity contribution in [2.75, 3.05) is 6.61 Å². The molecule has 42 heavy (non-hydrogen) atoms. The Labute approximate surface area is 246 Å². The van der Waals surface area contributed by atoms with Gasteiger partial charge in [0.2, 0.25) is 17.7 Å². The Balaban J connectivity index is 2.29. The smallest absolute Gasteiger partial charge is 0.330 e. The van der Waals surface area contributed by atoms with Gasteiger partial charge in [0, 0.05) is 25.0 Å². The van der Waals surface area contributed by atoms with Crippen LogP contribution in [0.4, 0.5) is 0 Å². The number of benzene rings is 1. The Bertz CT molecular complexity index is 1250. The molecular formula is C31H42N4O7. The fourth-order valence-corrected chi connectivity index (χ4v) is 4.31. The van der Waals surface area contributed by atoms with Crippen LogP contribution in [0.3, 0.4) is 0 Å². The Morgan fingerprint density at radius 2 is 1.64 bits per heavy atom. The van der Waals surface area contributed by atoms with E-state index in [0.717, 1.165) is 5.56 Å². The highest BCUT2D eigenvalue weighted by molar-refractivity contribution is 5.99. The molecule has 228 valence electrons. The van der Waals surface area contributed by atoms with Crippen LogP contribution in [0, 0.1) is 19.8 Å². The van der Waals surface area contributed by atoms with Crippen molar-refractivity contribution in [2.24, 2.45) is 11.7 Å². The number of carbonyl (C=O) groups excluding carboxylic acids is 5. The topological polar surface area (TPSA) is 170 Å². The first-order chi connectivity index (χ1) is 19.9. The minimum absolute atomic E-state index is 0.0385. The molecule has 0 saturated heterocycles. The number of primary amides is 1. The van der Waals surface area contributed by atoms with E-state index in [1.807, 2.05) is 44.2 Å². The molecule has 1 heterocycles. The molecule has 0 fully saturated rings. The van der Waals surface area contributed by atoms with Crippen LogP contribution in [0.25, 0.3) is 0 Å². The van der Waals surface area contributed by atoms with E-state index in [2.05, 4.69) is 16.0 Å². The molecular weight excluding hydrogens is 540 g/mol. The highest BCUT2D eigenvalue weighted by atomic mass is 16.5. The molecule has 11 heteroatoms. The normalized spacial score (nSPS) is 13.3. The van der Waals surface area contributed by atoms with Crippen molar-refractivity contribution >= 4 is 29.6 Å². The van der Waals surface area contributed by atoms with Gasteiger partial charge in [-0.25, -0.2) is 4.79 Å². The van der Waals surface area contributed by atoms with Crippen molar-refractivity contribution in [3.8, 4) is 0 Å². The Morgan fingerprint density at radius 3 is 2.21 bits per heavy atom. The molecule has 0 saturated carbocycles. The minimum atomic E-state index is -1.03. The maximum atomic E-state index is 13.6. The number of hydrogen-bond acceptors (Lipinski definition) is 7. The number of rotatable bonds is 16. The van der Waals surface area contributed by atoms with E-state index in [9.17, 15) is 24.0 Å². The average Bonchev–Trinajstić information content (AvgIpc) is 3.27. The van der Waals surface area contributed by atoms with Crippen LogP contribution in [-0.2, 0) is 30.3 Å². The Hall–Kier alpha value is -4.41. The molecule has 2 aromatic rings. The summed E-state index contributed by atoms with van der Waals surface area (Å²) < 4.78 is 10.4. The van der Waals surface area contributed by atoms with Crippen molar-refractivity contribution in [2.45, 2.75) is 78.4 Å². The van der Waals surface area contributed by atoms with E-state index in [1.165, 1.54) is 12.2 Å². The van der Waals surface area contributed by atoms with E-state index in [4.69, 9.17) is 14.9 Å². The summed E-state index contributed by atoms with van der Waals surface area (Å²) in [5.74, 6) is -1.61. The number of esters is 1. The Kier molecular flexibility index (Phi) is 13.5. The van der Waals surface area contributed by atoms with Gasteiger partial charge in [-0.15, -0.1) is 0 Å². The number of nitrogens with two attached hydrogens (primary N) is 1. The summed E-state index contributed by atoms with van der Waals surface area (Å²) in [4.78, 5) is 63.4. The third-order valence-electron chi connectivity index (χ3n) is 6.31. The van der Waals surface area contributed by atoms with Gasteiger partial charge >= 0.3 is 5.97 Å². The molecule has 11 nitrogen and oxygen atoms in total.